The summed E-state index contributed by atoms with van der Waals surface area (Å²) in [6.07, 6.45) is -7.07. The summed E-state index contributed by atoms with van der Waals surface area (Å²) < 4.78 is 82.0. The average Bonchev–Trinajstić information content (AvgIpc) is 3.41. The summed E-state index contributed by atoms with van der Waals surface area (Å²) in [5, 5.41) is 14.2. The molecule has 0 aromatic heterocycles. The van der Waals surface area contributed by atoms with E-state index in [0.29, 0.717) is 12.5 Å². The number of carboxylic acids is 2. The lowest BCUT2D eigenvalue weighted by atomic mass is 9.60. The average molecular weight is 632 g/mol. The molecule has 3 aliphatic rings. The molecule has 9 nitrogen and oxygen atoms in total. The van der Waals surface area contributed by atoms with Gasteiger partial charge in [-0.15, -0.1) is 0 Å². The fourth-order valence-corrected chi connectivity index (χ4v) is 5.96. The van der Waals surface area contributed by atoms with Crippen LogP contribution in [0.4, 0.5) is 30.7 Å². The van der Waals surface area contributed by atoms with Gasteiger partial charge in [-0.2, -0.15) is 26.3 Å². The van der Waals surface area contributed by atoms with Gasteiger partial charge in [-0.25, -0.2) is 14.0 Å². The van der Waals surface area contributed by atoms with Gasteiger partial charge in [0.1, 0.15) is 5.82 Å². The van der Waals surface area contributed by atoms with Crippen LogP contribution in [0.2, 0.25) is 0 Å². The normalized spacial score (nSPS) is 22.3. The van der Waals surface area contributed by atoms with E-state index >= 15 is 0 Å². The third-order valence-electron chi connectivity index (χ3n) is 8.15. The minimum atomic E-state index is -5.08. The predicted octanol–water partition coefficient (Wildman–Crippen LogP) is 3.88. The van der Waals surface area contributed by atoms with Crippen LogP contribution >= 0.6 is 0 Å². The smallest absolute Gasteiger partial charge is 0.475 e. The lowest BCUT2D eigenvalue weighted by Gasteiger charge is -2.47. The van der Waals surface area contributed by atoms with E-state index in [1.54, 1.807) is 7.11 Å². The van der Waals surface area contributed by atoms with Gasteiger partial charge < -0.3 is 19.8 Å². The van der Waals surface area contributed by atoms with Gasteiger partial charge in [-0.3, -0.25) is 14.6 Å². The van der Waals surface area contributed by atoms with E-state index in [2.05, 4.69) is 21.6 Å². The standard InChI is InChI=1S/C23H34FN3O2.2C2HF3O2/c1-3-27-13-10-23(21(27)28)18-26(14-15-29-2)17-22(23)8-11-25(12-9-22)16-19-4-6-20(24)7-5-19;2*3-2(4,5)1(6)7/h4-7H,3,8-18H2,1-2H3;2*(H,6,7). The van der Waals surface area contributed by atoms with E-state index in [0.717, 1.165) is 77.2 Å². The molecule has 2 N–H and O–H groups in total. The number of hydrogen-bond donors (Lipinski definition) is 2. The van der Waals surface area contributed by atoms with E-state index in [1.807, 2.05) is 12.1 Å². The van der Waals surface area contributed by atoms with Gasteiger partial charge in [0.15, 0.2) is 0 Å². The maximum atomic E-state index is 13.5. The number of rotatable bonds is 6. The van der Waals surface area contributed by atoms with Crippen molar-refractivity contribution in [3.63, 3.8) is 0 Å². The minimum Gasteiger partial charge on any atom is -0.475 e. The van der Waals surface area contributed by atoms with Gasteiger partial charge in [0.2, 0.25) is 5.91 Å². The van der Waals surface area contributed by atoms with E-state index in [9.17, 15) is 35.5 Å². The summed E-state index contributed by atoms with van der Waals surface area (Å²) in [5.74, 6) is -5.32. The van der Waals surface area contributed by atoms with Gasteiger partial charge in [0.05, 0.1) is 12.0 Å². The van der Waals surface area contributed by atoms with Crippen molar-refractivity contribution in [2.24, 2.45) is 10.8 Å². The van der Waals surface area contributed by atoms with Crippen molar-refractivity contribution in [1.29, 1.82) is 0 Å². The van der Waals surface area contributed by atoms with Crippen LogP contribution in [0.5, 0.6) is 0 Å². The van der Waals surface area contributed by atoms with Gasteiger partial charge >= 0.3 is 24.3 Å². The summed E-state index contributed by atoms with van der Waals surface area (Å²) >= 11 is 0. The van der Waals surface area contributed by atoms with E-state index in [4.69, 9.17) is 24.5 Å². The highest BCUT2D eigenvalue weighted by atomic mass is 19.4. The number of ether oxygens (including phenoxy) is 1. The van der Waals surface area contributed by atoms with E-state index in [1.165, 1.54) is 12.1 Å². The Kier molecular flexibility index (Phi) is 12.3. The lowest BCUT2D eigenvalue weighted by Crippen LogP contribution is -2.52. The molecular weight excluding hydrogens is 595 g/mol. The zero-order valence-corrected chi connectivity index (χ0v) is 23.8. The number of piperidine rings is 1. The highest BCUT2D eigenvalue weighted by molar-refractivity contribution is 5.86. The number of benzene rings is 1. The Labute approximate surface area is 244 Å². The molecular formula is C27H36F7N3O6. The maximum absolute atomic E-state index is 13.5. The van der Waals surface area contributed by atoms with Crippen LogP contribution < -0.4 is 0 Å². The fourth-order valence-electron chi connectivity index (χ4n) is 5.96. The number of likely N-dealkylation sites (tertiary alicyclic amines) is 3. The first-order valence-electron chi connectivity index (χ1n) is 13.5. The fraction of sp³-hybridized carbons (Fsp3) is 0.667. The monoisotopic (exact) mass is 631 g/mol. The number of aliphatic carboxylic acids is 2. The molecule has 0 aliphatic carbocycles. The van der Waals surface area contributed by atoms with Crippen molar-refractivity contribution in [2.45, 2.75) is 45.1 Å². The SMILES string of the molecule is CCN1CCC2(CN(CCOC)CC23CCN(Cc2ccc(F)cc2)CC3)C1=O.O=C(O)C(F)(F)F.O=C(O)C(F)(F)F. The van der Waals surface area contributed by atoms with Crippen LogP contribution in [-0.2, 0) is 25.7 Å². The van der Waals surface area contributed by atoms with Crippen molar-refractivity contribution in [1.82, 2.24) is 14.7 Å². The van der Waals surface area contributed by atoms with Crippen molar-refractivity contribution in [2.75, 3.05) is 59.5 Å². The second-order valence-electron chi connectivity index (χ2n) is 10.7. The third-order valence-corrected chi connectivity index (χ3v) is 8.15. The molecule has 0 radical (unpaired) electrons. The first-order valence-corrected chi connectivity index (χ1v) is 13.5. The van der Waals surface area contributed by atoms with E-state index < -0.39 is 24.3 Å². The summed E-state index contributed by atoms with van der Waals surface area (Å²) in [6, 6.07) is 6.83. The van der Waals surface area contributed by atoms with E-state index in [-0.39, 0.29) is 16.6 Å². The van der Waals surface area contributed by atoms with Gasteiger partial charge in [-0.05, 0) is 57.0 Å². The number of nitrogens with zero attached hydrogens (tertiary/aromatic N) is 3. The summed E-state index contributed by atoms with van der Waals surface area (Å²) in [5.41, 5.74) is 0.999. The molecule has 1 aromatic carbocycles. The molecule has 16 heteroatoms. The number of alkyl halides is 6. The highest BCUT2D eigenvalue weighted by Crippen LogP contribution is 2.57. The molecule has 1 amide bonds. The number of hydrogen-bond acceptors (Lipinski definition) is 6. The summed E-state index contributed by atoms with van der Waals surface area (Å²) in [4.78, 5) is 38.3. The van der Waals surface area contributed by atoms with Crippen LogP contribution in [-0.4, -0.2) is 115 Å². The van der Waals surface area contributed by atoms with Crippen LogP contribution in [0.25, 0.3) is 0 Å². The first kappa shape index (κ1) is 36.2. The van der Waals surface area contributed by atoms with Crippen molar-refractivity contribution < 1.29 is 60.1 Å². The molecule has 3 aliphatic heterocycles. The van der Waals surface area contributed by atoms with Crippen molar-refractivity contribution in [3.05, 3.63) is 35.6 Å². The van der Waals surface area contributed by atoms with Crippen LogP contribution in [0.1, 0.15) is 31.7 Å². The lowest BCUT2D eigenvalue weighted by molar-refractivity contribution is -0.193. The number of carbonyl (C=O) groups excluding carboxylic acids is 1. The number of carbonyl (C=O) groups is 3. The third kappa shape index (κ3) is 9.25. The molecule has 4 rings (SSSR count). The predicted molar refractivity (Wildman–Crippen MR) is 138 cm³/mol. The molecule has 1 atom stereocenters. The molecule has 43 heavy (non-hydrogen) atoms. The van der Waals surface area contributed by atoms with Gasteiger partial charge in [0.25, 0.3) is 0 Å². The van der Waals surface area contributed by atoms with Gasteiger partial charge in [-0.1, -0.05) is 12.1 Å². The quantitative estimate of drug-likeness (QED) is 0.456. The Morgan fingerprint density at radius 2 is 1.40 bits per heavy atom. The molecule has 0 saturated carbocycles. The molecule has 1 unspecified atom stereocenters. The summed E-state index contributed by atoms with van der Waals surface area (Å²) in [6.45, 7) is 10.1. The number of amides is 1. The van der Waals surface area contributed by atoms with Gasteiger partial charge in [0, 0.05) is 51.8 Å². The maximum Gasteiger partial charge on any atom is 0.490 e. The highest BCUT2D eigenvalue weighted by Gasteiger charge is 2.64. The molecule has 244 valence electrons. The second-order valence-corrected chi connectivity index (χ2v) is 10.7. The zero-order chi connectivity index (χ0) is 32.6. The molecule has 2 spiro atoms. The first-order chi connectivity index (χ1) is 19.9. The molecule has 3 fully saturated rings. The number of fused-ring (bicyclic) bond motifs is 1. The molecule has 0 bridgehead atoms. The largest absolute Gasteiger partial charge is 0.490 e. The zero-order valence-electron chi connectivity index (χ0n) is 23.8. The Bertz CT molecular complexity index is 1070. The molecule has 3 heterocycles. The number of methoxy groups -OCH3 is 1. The van der Waals surface area contributed by atoms with Crippen LogP contribution in [0.15, 0.2) is 24.3 Å². The Morgan fingerprint density at radius 3 is 1.81 bits per heavy atom. The van der Waals surface area contributed by atoms with Crippen LogP contribution in [0.3, 0.4) is 0 Å². The Balaban J connectivity index is 0.000000384. The minimum absolute atomic E-state index is 0.0705. The Morgan fingerprint density at radius 1 is 0.884 bits per heavy atom. The van der Waals surface area contributed by atoms with Crippen LogP contribution in [0, 0.1) is 16.6 Å². The van der Waals surface area contributed by atoms with Crippen molar-refractivity contribution >= 4 is 17.8 Å². The Hall–Kier alpha value is -2.98. The topological polar surface area (TPSA) is 111 Å². The molecule has 1 aromatic rings. The molecule has 3 saturated heterocycles. The number of halogens is 7. The number of carboxylic acid groups (broad SMARTS) is 2. The second kappa shape index (κ2) is 14.7. The van der Waals surface area contributed by atoms with Crippen molar-refractivity contribution in [3.8, 4) is 0 Å². The summed E-state index contributed by atoms with van der Waals surface area (Å²) in [7, 11) is 1.75.